The van der Waals surface area contributed by atoms with Gasteiger partial charge in [-0.25, -0.2) is 4.79 Å². The van der Waals surface area contributed by atoms with Crippen LogP contribution in [0.4, 0.5) is 4.79 Å². The summed E-state index contributed by atoms with van der Waals surface area (Å²) in [4.78, 5) is 26.9. The molecule has 1 amide bonds. The summed E-state index contributed by atoms with van der Waals surface area (Å²) in [5, 5.41) is 17.9. The third-order valence-electron chi connectivity index (χ3n) is 4.59. The van der Waals surface area contributed by atoms with Gasteiger partial charge in [-0.1, -0.05) is 24.3 Å². The molecule has 1 fully saturated rings. The highest BCUT2D eigenvalue weighted by Gasteiger charge is 2.29. The van der Waals surface area contributed by atoms with Crippen molar-refractivity contribution in [3.05, 3.63) is 81.9 Å². The van der Waals surface area contributed by atoms with Gasteiger partial charge in [-0.2, -0.15) is 10.5 Å². The van der Waals surface area contributed by atoms with Crippen molar-refractivity contribution in [3.63, 3.8) is 0 Å². The van der Waals surface area contributed by atoms with Gasteiger partial charge in [0.1, 0.15) is 0 Å². The summed E-state index contributed by atoms with van der Waals surface area (Å²) < 4.78 is 5.12. The molecular formula is C24H19N3O3. The molecule has 1 aliphatic heterocycles. The van der Waals surface area contributed by atoms with Crippen molar-refractivity contribution in [2.24, 2.45) is 0 Å². The number of carbonyl (C=O) groups is 2. The zero-order valence-corrected chi connectivity index (χ0v) is 16.5. The molecule has 0 atom stereocenters. The SMILES string of the molecule is CCOC(=O)N1C/C(=C/c2ccc(C#N)cc2)C(=O)/C(=C/c2ccc(C#N)cc2)C1. The third-order valence-corrected chi connectivity index (χ3v) is 4.59. The highest BCUT2D eigenvalue weighted by atomic mass is 16.6. The molecule has 0 aliphatic carbocycles. The average molecular weight is 397 g/mol. The number of nitriles is 2. The van der Waals surface area contributed by atoms with E-state index in [2.05, 4.69) is 12.1 Å². The zero-order valence-electron chi connectivity index (χ0n) is 16.5. The van der Waals surface area contributed by atoms with E-state index in [0.29, 0.717) is 22.3 Å². The number of amides is 1. The Morgan fingerprint density at radius 2 is 1.37 bits per heavy atom. The van der Waals surface area contributed by atoms with Gasteiger partial charge in [0.05, 0.1) is 43.0 Å². The van der Waals surface area contributed by atoms with E-state index >= 15 is 0 Å². The molecule has 148 valence electrons. The largest absolute Gasteiger partial charge is 0.450 e. The van der Waals surface area contributed by atoms with Crippen molar-refractivity contribution in [2.75, 3.05) is 19.7 Å². The molecule has 0 unspecified atom stereocenters. The van der Waals surface area contributed by atoms with Gasteiger partial charge >= 0.3 is 6.09 Å². The van der Waals surface area contributed by atoms with E-state index in [1.807, 2.05) is 0 Å². The Morgan fingerprint density at radius 1 is 0.933 bits per heavy atom. The summed E-state index contributed by atoms with van der Waals surface area (Å²) in [6, 6.07) is 17.8. The summed E-state index contributed by atoms with van der Waals surface area (Å²) in [5.41, 5.74) is 3.50. The molecule has 0 aromatic heterocycles. The second-order valence-electron chi connectivity index (χ2n) is 6.69. The Balaban J connectivity index is 1.96. The summed E-state index contributed by atoms with van der Waals surface area (Å²) in [6.07, 6.45) is 2.96. The van der Waals surface area contributed by atoms with Crippen molar-refractivity contribution in [2.45, 2.75) is 6.92 Å². The van der Waals surface area contributed by atoms with Gasteiger partial charge in [0, 0.05) is 11.1 Å². The lowest BCUT2D eigenvalue weighted by atomic mass is 9.94. The van der Waals surface area contributed by atoms with E-state index in [1.54, 1.807) is 67.6 Å². The van der Waals surface area contributed by atoms with Crippen LogP contribution < -0.4 is 0 Å². The van der Waals surface area contributed by atoms with Crippen molar-refractivity contribution >= 4 is 24.0 Å². The van der Waals surface area contributed by atoms with Crippen molar-refractivity contribution in [1.29, 1.82) is 10.5 Å². The molecule has 2 aromatic rings. The van der Waals surface area contributed by atoms with Crippen LogP contribution in [0.2, 0.25) is 0 Å². The lowest BCUT2D eigenvalue weighted by Crippen LogP contribution is -2.41. The molecule has 3 rings (SSSR count). The maximum atomic E-state index is 13.1. The third kappa shape index (κ3) is 4.81. The Bertz CT molecular complexity index is 1020. The van der Waals surface area contributed by atoms with Crippen molar-refractivity contribution in [3.8, 4) is 12.1 Å². The van der Waals surface area contributed by atoms with Gasteiger partial charge in [0.25, 0.3) is 0 Å². The lowest BCUT2D eigenvalue weighted by Gasteiger charge is -2.29. The van der Waals surface area contributed by atoms with Crippen molar-refractivity contribution < 1.29 is 14.3 Å². The predicted octanol–water partition coefficient (Wildman–Crippen LogP) is 3.94. The first-order chi connectivity index (χ1) is 14.5. The molecule has 2 aromatic carbocycles. The summed E-state index contributed by atoms with van der Waals surface area (Å²) in [6.45, 7) is 2.26. The first kappa shape index (κ1) is 20.6. The standard InChI is InChI=1S/C24H19N3O3/c1-2-30-24(29)27-15-21(11-17-3-7-19(13-25)8-4-17)23(28)22(16-27)12-18-5-9-20(14-26)10-6-18/h3-12H,2,15-16H2,1H3/b21-11-,22-12+. The number of piperidine rings is 1. The van der Waals surface area contributed by atoms with E-state index < -0.39 is 6.09 Å². The number of likely N-dealkylation sites (tertiary alicyclic amines) is 1. The summed E-state index contributed by atoms with van der Waals surface area (Å²) in [5.74, 6) is -0.149. The molecule has 6 heteroatoms. The monoisotopic (exact) mass is 397 g/mol. The average Bonchev–Trinajstić information content (AvgIpc) is 2.77. The van der Waals surface area contributed by atoms with Crippen LogP contribution in [0.1, 0.15) is 29.2 Å². The normalized spacial score (nSPS) is 16.2. The van der Waals surface area contributed by atoms with Gasteiger partial charge < -0.3 is 4.74 Å². The van der Waals surface area contributed by atoms with Crippen LogP contribution >= 0.6 is 0 Å². The molecule has 0 saturated carbocycles. The molecule has 0 bridgehead atoms. The highest BCUT2D eigenvalue weighted by molar-refractivity contribution is 6.15. The number of rotatable bonds is 3. The molecule has 0 spiro atoms. The van der Waals surface area contributed by atoms with E-state index in [9.17, 15) is 9.59 Å². The first-order valence-electron chi connectivity index (χ1n) is 9.42. The fourth-order valence-corrected chi connectivity index (χ4v) is 3.09. The molecule has 1 aliphatic rings. The maximum Gasteiger partial charge on any atom is 0.410 e. The minimum absolute atomic E-state index is 0.141. The molecule has 30 heavy (non-hydrogen) atoms. The van der Waals surface area contributed by atoms with Crippen LogP contribution in [-0.4, -0.2) is 36.5 Å². The van der Waals surface area contributed by atoms with Crippen LogP contribution in [0.5, 0.6) is 0 Å². The number of ketones is 1. The molecule has 0 N–H and O–H groups in total. The number of nitrogens with zero attached hydrogens (tertiary/aromatic N) is 3. The fourth-order valence-electron chi connectivity index (χ4n) is 3.09. The van der Waals surface area contributed by atoms with Crippen LogP contribution in [0, 0.1) is 22.7 Å². The number of benzene rings is 2. The summed E-state index contributed by atoms with van der Waals surface area (Å²) >= 11 is 0. The number of hydrogen-bond donors (Lipinski definition) is 0. The highest BCUT2D eigenvalue weighted by Crippen LogP contribution is 2.23. The quantitative estimate of drug-likeness (QED) is 0.731. The Kier molecular flexibility index (Phi) is 6.42. The fraction of sp³-hybridized carbons (Fsp3) is 0.167. The molecule has 1 heterocycles. The van der Waals surface area contributed by atoms with Crippen LogP contribution in [-0.2, 0) is 9.53 Å². The topological polar surface area (TPSA) is 94.2 Å². The lowest BCUT2D eigenvalue weighted by molar-refractivity contribution is -0.113. The number of ether oxygens (including phenoxy) is 1. The minimum Gasteiger partial charge on any atom is -0.450 e. The molecular weight excluding hydrogens is 378 g/mol. The van der Waals surface area contributed by atoms with E-state index in [1.165, 1.54) is 4.90 Å². The number of carbonyl (C=O) groups excluding carboxylic acids is 2. The predicted molar refractivity (Wildman–Crippen MR) is 112 cm³/mol. The Morgan fingerprint density at radius 3 is 1.73 bits per heavy atom. The minimum atomic E-state index is -0.485. The number of hydrogen-bond acceptors (Lipinski definition) is 5. The van der Waals surface area contributed by atoms with Gasteiger partial charge in [-0.3, -0.25) is 9.69 Å². The Labute approximate surface area is 174 Å². The van der Waals surface area contributed by atoms with Gasteiger partial charge in [0.15, 0.2) is 5.78 Å². The second-order valence-corrected chi connectivity index (χ2v) is 6.69. The van der Waals surface area contributed by atoms with E-state index in [-0.39, 0.29) is 25.5 Å². The van der Waals surface area contributed by atoms with Crippen LogP contribution in [0.25, 0.3) is 12.2 Å². The zero-order chi connectivity index (χ0) is 21.5. The smallest absolute Gasteiger partial charge is 0.410 e. The molecule has 0 radical (unpaired) electrons. The van der Waals surface area contributed by atoms with Crippen molar-refractivity contribution in [1.82, 2.24) is 4.90 Å². The Hall–Kier alpha value is -4.16. The van der Waals surface area contributed by atoms with Gasteiger partial charge in [-0.15, -0.1) is 0 Å². The van der Waals surface area contributed by atoms with Gasteiger partial charge in [-0.05, 0) is 54.5 Å². The summed E-state index contributed by atoms with van der Waals surface area (Å²) in [7, 11) is 0. The first-order valence-corrected chi connectivity index (χ1v) is 9.42. The van der Waals surface area contributed by atoms with Crippen LogP contribution in [0.15, 0.2) is 59.7 Å². The maximum absolute atomic E-state index is 13.1. The molecule has 6 nitrogen and oxygen atoms in total. The number of Topliss-reactive ketones (excluding diaryl/α,β-unsaturated/α-hetero) is 1. The van der Waals surface area contributed by atoms with Gasteiger partial charge in [0.2, 0.25) is 0 Å². The van der Waals surface area contributed by atoms with E-state index in [4.69, 9.17) is 15.3 Å². The molecule has 1 saturated heterocycles. The van der Waals surface area contributed by atoms with Crippen LogP contribution in [0.3, 0.4) is 0 Å². The second kappa shape index (κ2) is 9.36. The van der Waals surface area contributed by atoms with E-state index in [0.717, 1.165) is 11.1 Å².